The number of anilines is 1. The van der Waals surface area contributed by atoms with Crippen molar-refractivity contribution in [2.75, 3.05) is 5.06 Å². The summed E-state index contributed by atoms with van der Waals surface area (Å²) in [7, 11) is 0. The van der Waals surface area contributed by atoms with Crippen molar-refractivity contribution < 1.29 is 14.5 Å². The number of hydrogen-bond acceptors (Lipinski definition) is 4. The Kier molecular flexibility index (Phi) is 1.77. The monoisotopic (exact) mass is 157 g/mol. The van der Waals surface area contributed by atoms with Gasteiger partial charge in [0.1, 0.15) is 5.76 Å². The van der Waals surface area contributed by atoms with E-state index in [1.54, 1.807) is 6.92 Å². The summed E-state index contributed by atoms with van der Waals surface area (Å²) in [6, 6.07) is 0.378. The van der Waals surface area contributed by atoms with Crippen molar-refractivity contribution in [3.8, 4) is 0 Å². The second kappa shape index (κ2) is 2.59. The maximum absolute atomic E-state index is 10.3. The molecule has 0 aliphatic rings. The van der Waals surface area contributed by atoms with Crippen molar-refractivity contribution in [2.45, 2.75) is 6.92 Å². The van der Waals surface area contributed by atoms with Crippen LogP contribution in [0, 0.1) is 6.92 Å². The molecule has 3 N–H and O–H groups in total. The minimum absolute atomic E-state index is 0.0185. The molecule has 2 amide bonds. The molecule has 0 bridgehead atoms. The second-order valence-electron chi connectivity index (χ2n) is 1.95. The Hall–Kier alpha value is -1.56. The zero-order valence-corrected chi connectivity index (χ0v) is 5.81. The van der Waals surface area contributed by atoms with Crippen LogP contribution < -0.4 is 10.8 Å². The average Bonchev–Trinajstić information content (AvgIpc) is 2.34. The highest BCUT2D eigenvalue weighted by Gasteiger charge is 2.12. The summed E-state index contributed by atoms with van der Waals surface area (Å²) < 4.78 is 4.58. The third-order valence-corrected chi connectivity index (χ3v) is 1.04. The number of aromatic nitrogens is 1. The number of amides is 2. The fraction of sp³-hybridized carbons (Fsp3) is 0.200. The van der Waals surface area contributed by atoms with Gasteiger partial charge in [0.2, 0.25) is 5.82 Å². The lowest BCUT2D eigenvalue weighted by molar-refractivity contribution is 0.209. The molecule has 1 aromatic rings. The molecular formula is C5H7N3O3. The summed E-state index contributed by atoms with van der Waals surface area (Å²) in [5.41, 5.74) is 4.73. The van der Waals surface area contributed by atoms with Gasteiger partial charge in [0.05, 0.1) is 0 Å². The normalized spacial score (nSPS) is 9.64. The zero-order chi connectivity index (χ0) is 8.43. The average molecular weight is 157 g/mol. The summed E-state index contributed by atoms with van der Waals surface area (Å²) in [4.78, 5) is 10.3. The van der Waals surface area contributed by atoms with Crippen molar-refractivity contribution in [3.63, 3.8) is 0 Å². The maximum Gasteiger partial charge on any atom is 0.344 e. The number of carbonyl (C=O) groups excluding carboxylic acids is 1. The fourth-order valence-electron chi connectivity index (χ4n) is 0.566. The van der Waals surface area contributed by atoms with Gasteiger partial charge < -0.3 is 10.3 Å². The number of rotatable bonds is 1. The van der Waals surface area contributed by atoms with Crippen LogP contribution in [0.3, 0.4) is 0 Å². The number of carbonyl (C=O) groups is 1. The zero-order valence-electron chi connectivity index (χ0n) is 5.81. The van der Waals surface area contributed by atoms with Crippen LogP contribution in [0.5, 0.6) is 0 Å². The molecule has 0 radical (unpaired) electrons. The fourth-order valence-corrected chi connectivity index (χ4v) is 0.566. The first-order valence-electron chi connectivity index (χ1n) is 2.83. The quantitative estimate of drug-likeness (QED) is 0.451. The first-order valence-corrected chi connectivity index (χ1v) is 2.83. The molecule has 1 rings (SSSR count). The van der Waals surface area contributed by atoms with Crippen molar-refractivity contribution in [2.24, 2.45) is 5.73 Å². The van der Waals surface area contributed by atoms with Crippen molar-refractivity contribution in [1.29, 1.82) is 0 Å². The number of nitrogens with two attached hydrogens (primary N) is 1. The predicted molar refractivity (Wildman–Crippen MR) is 35.1 cm³/mol. The van der Waals surface area contributed by atoms with Gasteiger partial charge in [-0.3, -0.25) is 5.21 Å². The Bertz CT molecular complexity index is 270. The van der Waals surface area contributed by atoms with Crippen molar-refractivity contribution in [1.82, 2.24) is 5.16 Å². The molecule has 6 heteroatoms. The van der Waals surface area contributed by atoms with Gasteiger partial charge in [0, 0.05) is 6.07 Å². The lowest BCUT2D eigenvalue weighted by atomic mass is 10.5. The molecule has 1 heterocycles. The van der Waals surface area contributed by atoms with E-state index in [0.29, 0.717) is 5.76 Å². The lowest BCUT2D eigenvalue weighted by Crippen LogP contribution is -2.32. The minimum Gasteiger partial charge on any atom is -0.359 e. The number of nitrogens with zero attached hydrogens (tertiary/aromatic N) is 2. The Morgan fingerprint density at radius 3 is 2.91 bits per heavy atom. The van der Waals surface area contributed by atoms with Gasteiger partial charge in [0.25, 0.3) is 0 Å². The molecule has 0 saturated heterocycles. The number of urea groups is 1. The van der Waals surface area contributed by atoms with E-state index < -0.39 is 6.03 Å². The molecular weight excluding hydrogens is 150 g/mol. The van der Waals surface area contributed by atoms with Crippen LogP contribution in [0.4, 0.5) is 10.6 Å². The molecule has 1 aromatic heterocycles. The highest BCUT2D eigenvalue weighted by atomic mass is 16.5. The maximum atomic E-state index is 10.3. The van der Waals surface area contributed by atoms with Crippen LogP contribution >= 0.6 is 0 Å². The molecule has 11 heavy (non-hydrogen) atoms. The van der Waals surface area contributed by atoms with Crippen molar-refractivity contribution in [3.05, 3.63) is 11.8 Å². The van der Waals surface area contributed by atoms with Gasteiger partial charge in [-0.15, -0.1) is 0 Å². The largest absolute Gasteiger partial charge is 0.359 e. The number of aryl methyl sites for hydroxylation is 1. The van der Waals surface area contributed by atoms with Crippen LogP contribution in [0.1, 0.15) is 5.76 Å². The lowest BCUT2D eigenvalue weighted by Gasteiger charge is -2.04. The molecule has 0 spiro atoms. The van der Waals surface area contributed by atoms with Gasteiger partial charge in [-0.05, 0) is 6.92 Å². The highest BCUT2D eigenvalue weighted by molar-refractivity contribution is 5.86. The van der Waals surface area contributed by atoms with E-state index in [2.05, 4.69) is 9.68 Å². The Morgan fingerprint density at radius 2 is 2.55 bits per heavy atom. The molecule has 0 saturated carbocycles. The van der Waals surface area contributed by atoms with E-state index in [-0.39, 0.29) is 10.9 Å². The van der Waals surface area contributed by atoms with E-state index in [1.165, 1.54) is 6.07 Å². The number of hydrogen-bond donors (Lipinski definition) is 2. The molecule has 0 aliphatic carbocycles. The molecule has 0 aliphatic heterocycles. The van der Waals surface area contributed by atoms with Crippen molar-refractivity contribution >= 4 is 11.8 Å². The summed E-state index contributed by atoms with van der Waals surface area (Å²) in [5, 5.41) is 12.4. The Labute approximate surface area is 62.1 Å². The third-order valence-electron chi connectivity index (χ3n) is 1.04. The molecule has 0 atom stereocenters. The molecule has 60 valence electrons. The SMILES string of the molecule is Cc1cc(N(O)C(N)=O)no1. The van der Waals surface area contributed by atoms with E-state index in [0.717, 1.165) is 0 Å². The Balaban J connectivity index is 2.84. The van der Waals surface area contributed by atoms with Gasteiger partial charge in [-0.1, -0.05) is 5.16 Å². The number of primary amides is 1. The second-order valence-corrected chi connectivity index (χ2v) is 1.95. The van der Waals surface area contributed by atoms with Gasteiger partial charge in [-0.25, -0.2) is 4.79 Å². The van der Waals surface area contributed by atoms with E-state index in [4.69, 9.17) is 10.9 Å². The van der Waals surface area contributed by atoms with Gasteiger partial charge in [-0.2, -0.15) is 5.06 Å². The van der Waals surface area contributed by atoms with Crippen LogP contribution in [0.2, 0.25) is 0 Å². The minimum atomic E-state index is -1.00. The summed E-state index contributed by atoms with van der Waals surface area (Å²) >= 11 is 0. The highest BCUT2D eigenvalue weighted by Crippen LogP contribution is 2.10. The summed E-state index contributed by atoms with van der Waals surface area (Å²) in [6.45, 7) is 1.63. The first-order chi connectivity index (χ1) is 5.11. The molecule has 0 aromatic carbocycles. The third kappa shape index (κ3) is 1.47. The number of hydroxylamine groups is 1. The molecule has 6 nitrogen and oxygen atoms in total. The molecule has 0 fully saturated rings. The van der Waals surface area contributed by atoms with Crippen LogP contribution in [0.25, 0.3) is 0 Å². The smallest absolute Gasteiger partial charge is 0.344 e. The van der Waals surface area contributed by atoms with Crippen LogP contribution in [0.15, 0.2) is 10.6 Å². The first kappa shape index (κ1) is 7.55. The summed E-state index contributed by atoms with van der Waals surface area (Å²) in [5.74, 6) is 0.468. The van der Waals surface area contributed by atoms with Crippen LogP contribution in [-0.2, 0) is 0 Å². The van der Waals surface area contributed by atoms with E-state index in [1.807, 2.05) is 0 Å². The van der Waals surface area contributed by atoms with E-state index in [9.17, 15) is 4.79 Å². The molecule has 0 unspecified atom stereocenters. The predicted octanol–water partition coefficient (Wildman–Crippen LogP) is 0.257. The van der Waals surface area contributed by atoms with Gasteiger partial charge >= 0.3 is 6.03 Å². The Morgan fingerprint density at radius 1 is 1.91 bits per heavy atom. The standard InChI is InChI=1S/C5H7N3O3/c1-3-2-4(7-11-3)8(10)5(6)9/h2,10H,1H3,(H2,6,9). The topological polar surface area (TPSA) is 92.6 Å². The van der Waals surface area contributed by atoms with E-state index >= 15 is 0 Å². The summed E-state index contributed by atoms with van der Waals surface area (Å²) in [6.07, 6.45) is 0. The van der Waals surface area contributed by atoms with Gasteiger partial charge in [0.15, 0.2) is 0 Å². The van der Waals surface area contributed by atoms with Crippen LogP contribution in [-0.4, -0.2) is 16.4 Å².